The summed E-state index contributed by atoms with van der Waals surface area (Å²) in [5.41, 5.74) is 2.44. The van der Waals surface area contributed by atoms with Crippen LogP contribution >= 0.6 is 0 Å². The van der Waals surface area contributed by atoms with Crippen LogP contribution in [-0.4, -0.2) is 58.8 Å². The summed E-state index contributed by atoms with van der Waals surface area (Å²) >= 11 is 0. The Balaban J connectivity index is 1.35. The van der Waals surface area contributed by atoms with Crippen molar-refractivity contribution in [3.63, 3.8) is 0 Å². The van der Waals surface area contributed by atoms with Gasteiger partial charge in [-0.25, -0.2) is 0 Å². The van der Waals surface area contributed by atoms with E-state index in [9.17, 15) is 4.79 Å². The third kappa shape index (κ3) is 6.60. The van der Waals surface area contributed by atoms with Crippen LogP contribution in [0.4, 0.5) is 0 Å². The predicted molar refractivity (Wildman–Crippen MR) is 115 cm³/mol. The Kier molecular flexibility index (Phi) is 7.69. The number of nitrogens with zero attached hydrogens (tertiary/aromatic N) is 4. The second-order valence-corrected chi connectivity index (χ2v) is 8.11. The van der Waals surface area contributed by atoms with Crippen molar-refractivity contribution in [3.05, 3.63) is 47.8 Å². The molecule has 0 unspecified atom stereocenters. The lowest BCUT2D eigenvalue weighted by molar-refractivity contribution is -0.132. The van der Waals surface area contributed by atoms with Crippen molar-refractivity contribution in [1.29, 1.82) is 0 Å². The highest BCUT2D eigenvalue weighted by molar-refractivity contribution is 5.78. The summed E-state index contributed by atoms with van der Waals surface area (Å²) in [6.07, 6.45) is 8.47. The van der Waals surface area contributed by atoms with Crippen molar-refractivity contribution in [2.75, 3.05) is 33.3 Å². The summed E-state index contributed by atoms with van der Waals surface area (Å²) in [5.74, 6) is 1.88. The molecule has 0 spiro atoms. The molecule has 1 aliphatic rings. The number of amides is 1. The molecule has 0 saturated carbocycles. The van der Waals surface area contributed by atoms with E-state index in [1.54, 1.807) is 9.58 Å². The zero-order valence-electron chi connectivity index (χ0n) is 18.0. The number of carbonyl (C=O) groups excluding carboxylic acids is 1. The number of benzene rings is 1. The van der Waals surface area contributed by atoms with E-state index < -0.39 is 0 Å². The van der Waals surface area contributed by atoms with E-state index >= 15 is 0 Å². The van der Waals surface area contributed by atoms with Crippen molar-refractivity contribution >= 4 is 5.91 Å². The third-order valence-electron chi connectivity index (χ3n) is 5.75. The monoisotopic (exact) mass is 398 g/mol. The molecular formula is C23H34N4O2. The van der Waals surface area contributed by atoms with Gasteiger partial charge in [0.05, 0.1) is 19.3 Å². The number of hydrogen-bond donors (Lipinski definition) is 0. The minimum Gasteiger partial charge on any atom is -0.494 e. The second-order valence-electron chi connectivity index (χ2n) is 8.11. The van der Waals surface area contributed by atoms with Gasteiger partial charge in [-0.3, -0.25) is 14.4 Å². The number of ether oxygens (including phenoxy) is 1. The van der Waals surface area contributed by atoms with Crippen LogP contribution in [0.15, 0.2) is 36.7 Å². The Morgan fingerprint density at radius 3 is 2.55 bits per heavy atom. The van der Waals surface area contributed by atoms with E-state index in [1.165, 1.54) is 24.8 Å². The zero-order valence-corrected chi connectivity index (χ0v) is 18.0. The topological polar surface area (TPSA) is 50.6 Å². The van der Waals surface area contributed by atoms with E-state index in [2.05, 4.69) is 34.3 Å². The van der Waals surface area contributed by atoms with Crippen LogP contribution < -0.4 is 4.74 Å². The summed E-state index contributed by atoms with van der Waals surface area (Å²) in [7, 11) is 3.77. The predicted octanol–water partition coefficient (Wildman–Crippen LogP) is 3.12. The van der Waals surface area contributed by atoms with E-state index in [0.29, 0.717) is 19.7 Å². The molecule has 1 saturated heterocycles. The first kappa shape index (κ1) is 21.4. The number of likely N-dealkylation sites (N-methyl/N-ethyl adjacent to an activating group) is 1. The van der Waals surface area contributed by atoms with Gasteiger partial charge in [0.1, 0.15) is 5.75 Å². The van der Waals surface area contributed by atoms with Crippen molar-refractivity contribution in [1.82, 2.24) is 19.6 Å². The maximum atomic E-state index is 12.5. The van der Waals surface area contributed by atoms with Crippen LogP contribution in [0.2, 0.25) is 0 Å². The number of likely N-dealkylation sites (tertiary alicyclic amines) is 1. The molecule has 158 valence electrons. The summed E-state index contributed by atoms with van der Waals surface area (Å²) in [6.45, 7) is 5.88. The average Bonchev–Trinajstić information content (AvgIpc) is 3.13. The Bertz CT molecular complexity index is 763. The number of aryl methyl sites for hydroxylation is 2. The molecule has 1 amide bonds. The fourth-order valence-electron chi connectivity index (χ4n) is 3.95. The first-order valence-electron chi connectivity index (χ1n) is 10.7. The highest BCUT2D eigenvalue weighted by Gasteiger charge is 2.22. The van der Waals surface area contributed by atoms with Gasteiger partial charge in [-0.05, 0) is 69.3 Å². The van der Waals surface area contributed by atoms with Gasteiger partial charge in [0, 0.05) is 32.4 Å². The summed E-state index contributed by atoms with van der Waals surface area (Å²) in [5, 5.41) is 4.17. The smallest absolute Gasteiger partial charge is 0.236 e. The fourth-order valence-corrected chi connectivity index (χ4v) is 3.95. The summed E-state index contributed by atoms with van der Waals surface area (Å²) in [6, 6.07) is 8.48. The maximum absolute atomic E-state index is 12.5. The van der Waals surface area contributed by atoms with E-state index in [0.717, 1.165) is 36.7 Å². The largest absolute Gasteiger partial charge is 0.494 e. The third-order valence-corrected chi connectivity index (χ3v) is 5.75. The van der Waals surface area contributed by atoms with Crippen LogP contribution in [0.1, 0.15) is 37.3 Å². The Morgan fingerprint density at radius 2 is 1.93 bits per heavy atom. The molecule has 6 nitrogen and oxygen atoms in total. The lowest BCUT2D eigenvalue weighted by Gasteiger charge is -2.32. The lowest BCUT2D eigenvalue weighted by Crippen LogP contribution is -2.42. The minimum absolute atomic E-state index is 0.182. The van der Waals surface area contributed by atoms with Gasteiger partial charge < -0.3 is 9.64 Å². The number of rotatable bonds is 9. The van der Waals surface area contributed by atoms with E-state index in [4.69, 9.17) is 4.74 Å². The molecule has 0 radical (unpaired) electrons. The molecule has 1 fully saturated rings. The molecule has 3 rings (SSSR count). The van der Waals surface area contributed by atoms with Crippen molar-refractivity contribution in [2.45, 2.75) is 39.2 Å². The second kappa shape index (κ2) is 10.4. The molecule has 2 heterocycles. The summed E-state index contributed by atoms with van der Waals surface area (Å²) < 4.78 is 7.28. The molecule has 2 aromatic rings. The molecule has 0 aliphatic carbocycles. The number of carbonyl (C=O) groups is 1. The van der Waals surface area contributed by atoms with Gasteiger partial charge in [-0.1, -0.05) is 12.1 Å². The molecule has 0 bridgehead atoms. The van der Waals surface area contributed by atoms with Crippen molar-refractivity contribution in [3.8, 4) is 5.75 Å². The molecule has 29 heavy (non-hydrogen) atoms. The van der Waals surface area contributed by atoms with Crippen LogP contribution in [0.5, 0.6) is 5.75 Å². The van der Waals surface area contributed by atoms with Crippen molar-refractivity contribution < 1.29 is 9.53 Å². The molecule has 0 atom stereocenters. The number of piperidine rings is 1. The molecule has 1 aliphatic heterocycles. The maximum Gasteiger partial charge on any atom is 0.236 e. The van der Waals surface area contributed by atoms with Gasteiger partial charge in [0.25, 0.3) is 0 Å². The highest BCUT2D eigenvalue weighted by Crippen LogP contribution is 2.23. The molecule has 1 aromatic heterocycles. The first-order chi connectivity index (χ1) is 14.0. The van der Waals surface area contributed by atoms with Crippen LogP contribution in [0.3, 0.4) is 0 Å². The highest BCUT2D eigenvalue weighted by atomic mass is 16.5. The lowest BCUT2D eigenvalue weighted by atomic mass is 9.90. The Morgan fingerprint density at radius 1 is 1.21 bits per heavy atom. The van der Waals surface area contributed by atoms with Gasteiger partial charge in [0.15, 0.2) is 0 Å². The first-order valence-corrected chi connectivity index (χ1v) is 10.7. The fraction of sp³-hybridized carbons (Fsp3) is 0.565. The Hall–Kier alpha value is -2.34. The molecule has 1 aromatic carbocycles. The quantitative estimate of drug-likeness (QED) is 0.651. The van der Waals surface area contributed by atoms with E-state index in [1.807, 2.05) is 33.4 Å². The van der Waals surface area contributed by atoms with Crippen LogP contribution in [0.25, 0.3) is 0 Å². The zero-order chi connectivity index (χ0) is 20.6. The number of hydrogen-bond acceptors (Lipinski definition) is 4. The van der Waals surface area contributed by atoms with E-state index in [-0.39, 0.29) is 5.91 Å². The number of aromatic nitrogens is 2. The minimum atomic E-state index is 0.182. The SMILES string of the molecule is CCOc1ccc(CCC2CCN(CC(=O)N(C)Cc3cnn(C)c3)CC2)cc1. The van der Waals surface area contributed by atoms with Gasteiger partial charge >= 0.3 is 0 Å². The van der Waals surface area contributed by atoms with Gasteiger partial charge in [-0.15, -0.1) is 0 Å². The van der Waals surface area contributed by atoms with Crippen LogP contribution in [-0.2, 0) is 24.8 Å². The molecule has 0 N–H and O–H groups in total. The Labute approximate surface area is 174 Å². The van der Waals surface area contributed by atoms with Gasteiger partial charge in [-0.2, -0.15) is 5.10 Å². The average molecular weight is 399 g/mol. The van der Waals surface area contributed by atoms with Crippen molar-refractivity contribution in [2.24, 2.45) is 13.0 Å². The molecular weight excluding hydrogens is 364 g/mol. The molecule has 6 heteroatoms. The van der Waals surface area contributed by atoms with Crippen LogP contribution in [0, 0.1) is 5.92 Å². The standard InChI is InChI=1S/C23H34N4O2/c1-4-29-22-9-7-19(8-10-22)5-6-20-11-13-27(14-12-20)18-23(28)25(2)16-21-15-24-26(3)17-21/h7-10,15,17,20H,4-6,11-14,16,18H2,1-3H3. The normalized spacial score (nSPS) is 15.4. The van der Waals surface area contributed by atoms with Gasteiger partial charge in [0.2, 0.25) is 5.91 Å². The summed E-state index contributed by atoms with van der Waals surface area (Å²) in [4.78, 5) is 16.6.